The van der Waals surface area contributed by atoms with E-state index in [1.807, 2.05) is 17.5 Å². The molecule has 23 heavy (non-hydrogen) atoms. The maximum absolute atomic E-state index is 12.1. The van der Waals surface area contributed by atoms with Crippen molar-refractivity contribution in [3.05, 3.63) is 70.9 Å². The van der Waals surface area contributed by atoms with Gasteiger partial charge in [0.1, 0.15) is 12.4 Å². The molecule has 0 bridgehead atoms. The van der Waals surface area contributed by atoms with Crippen molar-refractivity contribution in [2.75, 3.05) is 6.61 Å². The summed E-state index contributed by atoms with van der Waals surface area (Å²) in [6, 6.07) is 10.6. The predicted octanol–water partition coefficient (Wildman–Crippen LogP) is 2.79. The van der Waals surface area contributed by atoms with E-state index in [4.69, 9.17) is 4.74 Å². The molecule has 1 heterocycles. The number of ether oxygens (including phenoxy) is 1. The molecule has 1 aromatic carbocycles. The van der Waals surface area contributed by atoms with Crippen LogP contribution in [0.1, 0.15) is 15.2 Å². The third kappa shape index (κ3) is 5.12. The van der Waals surface area contributed by atoms with Gasteiger partial charge in [-0.3, -0.25) is 20.4 Å². The van der Waals surface area contributed by atoms with E-state index in [1.54, 1.807) is 36.4 Å². The van der Waals surface area contributed by atoms with Gasteiger partial charge in [0.25, 0.3) is 11.8 Å². The Morgan fingerprint density at radius 1 is 1.17 bits per heavy atom. The molecular formula is C17H16N2O3S. The van der Waals surface area contributed by atoms with Gasteiger partial charge in [0.15, 0.2) is 0 Å². The number of amides is 2. The lowest BCUT2D eigenvalue weighted by Crippen LogP contribution is -2.40. The summed E-state index contributed by atoms with van der Waals surface area (Å²) < 4.78 is 5.41. The van der Waals surface area contributed by atoms with Crippen LogP contribution in [0.15, 0.2) is 60.5 Å². The molecule has 2 aromatic rings. The number of hydrogen-bond donors (Lipinski definition) is 2. The van der Waals surface area contributed by atoms with Crippen LogP contribution in [0.5, 0.6) is 5.75 Å². The average Bonchev–Trinajstić information content (AvgIpc) is 3.09. The van der Waals surface area contributed by atoms with Crippen molar-refractivity contribution >= 4 is 29.2 Å². The van der Waals surface area contributed by atoms with Crippen molar-refractivity contribution < 1.29 is 14.3 Å². The molecule has 6 heteroatoms. The van der Waals surface area contributed by atoms with E-state index >= 15 is 0 Å². The van der Waals surface area contributed by atoms with Gasteiger partial charge in [0, 0.05) is 11.0 Å². The Hall–Kier alpha value is -2.86. The molecular weight excluding hydrogens is 312 g/mol. The van der Waals surface area contributed by atoms with Gasteiger partial charge < -0.3 is 4.74 Å². The largest absolute Gasteiger partial charge is 0.489 e. The molecule has 118 valence electrons. The zero-order valence-electron chi connectivity index (χ0n) is 12.3. The summed E-state index contributed by atoms with van der Waals surface area (Å²) in [5.41, 5.74) is 5.01. The maximum atomic E-state index is 12.1. The number of carbonyl (C=O) groups excluding carboxylic acids is 2. The first-order valence-electron chi connectivity index (χ1n) is 6.85. The van der Waals surface area contributed by atoms with Crippen molar-refractivity contribution in [1.29, 1.82) is 0 Å². The standard InChI is InChI=1S/C17H16N2O3S/c1-2-11-22-15-8-4-3-7-14(15)17(21)19-18-16(20)10-9-13-6-5-12-23-13/h2-10,12H,1,11H2,(H,18,20)(H,19,21). The van der Waals surface area contributed by atoms with Crippen LogP contribution < -0.4 is 15.6 Å². The van der Waals surface area contributed by atoms with Crippen LogP contribution in [0.2, 0.25) is 0 Å². The molecule has 0 aliphatic heterocycles. The number of thiophene rings is 1. The first kappa shape index (κ1) is 16.5. The summed E-state index contributed by atoms with van der Waals surface area (Å²) in [6.45, 7) is 3.85. The van der Waals surface area contributed by atoms with E-state index in [9.17, 15) is 9.59 Å². The average molecular weight is 328 g/mol. The highest BCUT2D eigenvalue weighted by Crippen LogP contribution is 2.17. The predicted molar refractivity (Wildman–Crippen MR) is 91.1 cm³/mol. The minimum Gasteiger partial charge on any atom is -0.489 e. The first-order chi connectivity index (χ1) is 11.2. The van der Waals surface area contributed by atoms with E-state index in [-0.39, 0.29) is 0 Å². The molecule has 2 N–H and O–H groups in total. The second-order valence-electron chi connectivity index (χ2n) is 4.39. The van der Waals surface area contributed by atoms with Crippen LogP contribution in [0.4, 0.5) is 0 Å². The minimum absolute atomic E-state index is 0.292. The fourth-order valence-corrected chi connectivity index (χ4v) is 2.32. The number of hydrogen-bond acceptors (Lipinski definition) is 4. The zero-order valence-corrected chi connectivity index (χ0v) is 13.1. The van der Waals surface area contributed by atoms with Crippen LogP contribution in [0.25, 0.3) is 6.08 Å². The fourth-order valence-electron chi connectivity index (χ4n) is 1.70. The number of hydrazine groups is 1. The second-order valence-corrected chi connectivity index (χ2v) is 5.37. The Balaban J connectivity index is 1.91. The van der Waals surface area contributed by atoms with Crippen LogP contribution in [0.3, 0.4) is 0 Å². The fraction of sp³-hybridized carbons (Fsp3) is 0.0588. The highest BCUT2D eigenvalue weighted by atomic mass is 32.1. The molecule has 0 atom stereocenters. The second kappa shape index (κ2) is 8.55. The van der Waals surface area contributed by atoms with Gasteiger partial charge in [-0.25, -0.2) is 0 Å². The highest BCUT2D eigenvalue weighted by molar-refractivity contribution is 7.10. The molecule has 0 radical (unpaired) electrons. The third-order valence-corrected chi connectivity index (χ3v) is 3.57. The number of nitrogens with one attached hydrogen (secondary N) is 2. The SMILES string of the molecule is C=CCOc1ccccc1C(=O)NNC(=O)C=Cc1cccs1. The molecule has 2 amide bonds. The number of rotatable bonds is 6. The third-order valence-electron chi connectivity index (χ3n) is 2.73. The molecule has 2 rings (SSSR count). The van der Waals surface area contributed by atoms with Crippen LogP contribution in [-0.4, -0.2) is 18.4 Å². The highest BCUT2D eigenvalue weighted by Gasteiger charge is 2.11. The molecule has 0 unspecified atom stereocenters. The maximum Gasteiger partial charge on any atom is 0.273 e. The summed E-state index contributed by atoms with van der Waals surface area (Å²) in [6.07, 6.45) is 4.62. The van der Waals surface area contributed by atoms with Gasteiger partial charge in [-0.15, -0.1) is 11.3 Å². The van der Waals surface area contributed by atoms with Crippen molar-refractivity contribution in [2.24, 2.45) is 0 Å². The summed E-state index contributed by atoms with van der Waals surface area (Å²) in [7, 11) is 0. The number of carbonyl (C=O) groups is 2. The lowest BCUT2D eigenvalue weighted by Gasteiger charge is -2.10. The summed E-state index contributed by atoms with van der Waals surface area (Å²) in [5, 5.41) is 1.92. The summed E-state index contributed by atoms with van der Waals surface area (Å²) in [5.74, 6) is -0.452. The lowest BCUT2D eigenvalue weighted by molar-refractivity contribution is -0.117. The van der Waals surface area contributed by atoms with Gasteiger partial charge in [-0.1, -0.05) is 30.9 Å². The molecule has 0 aliphatic carbocycles. The van der Waals surface area contributed by atoms with Gasteiger partial charge in [-0.05, 0) is 29.7 Å². The van der Waals surface area contributed by atoms with E-state index < -0.39 is 11.8 Å². The minimum atomic E-state index is -0.456. The topological polar surface area (TPSA) is 67.4 Å². The van der Waals surface area contributed by atoms with Crippen molar-refractivity contribution in [1.82, 2.24) is 10.9 Å². The van der Waals surface area contributed by atoms with Gasteiger partial charge in [-0.2, -0.15) is 0 Å². The Morgan fingerprint density at radius 3 is 2.74 bits per heavy atom. The Morgan fingerprint density at radius 2 is 2.00 bits per heavy atom. The van der Waals surface area contributed by atoms with E-state index in [0.717, 1.165) is 4.88 Å². The van der Waals surface area contributed by atoms with E-state index in [2.05, 4.69) is 17.4 Å². The monoisotopic (exact) mass is 328 g/mol. The molecule has 5 nitrogen and oxygen atoms in total. The van der Waals surface area contributed by atoms with Gasteiger partial charge >= 0.3 is 0 Å². The summed E-state index contributed by atoms with van der Waals surface area (Å²) >= 11 is 1.52. The Bertz CT molecular complexity index is 708. The molecule has 0 saturated heterocycles. The van der Waals surface area contributed by atoms with Crippen LogP contribution >= 0.6 is 11.3 Å². The first-order valence-corrected chi connectivity index (χ1v) is 7.73. The molecule has 0 saturated carbocycles. The van der Waals surface area contributed by atoms with Crippen molar-refractivity contribution in [2.45, 2.75) is 0 Å². The smallest absolute Gasteiger partial charge is 0.273 e. The van der Waals surface area contributed by atoms with E-state index in [0.29, 0.717) is 17.9 Å². The van der Waals surface area contributed by atoms with Crippen LogP contribution in [-0.2, 0) is 4.79 Å². The lowest BCUT2D eigenvalue weighted by atomic mass is 10.2. The van der Waals surface area contributed by atoms with E-state index in [1.165, 1.54) is 17.4 Å². The normalized spacial score (nSPS) is 10.3. The molecule has 0 spiro atoms. The number of benzene rings is 1. The summed E-state index contributed by atoms with van der Waals surface area (Å²) in [4.78, 5) is 24.7. The Kier molecular flexibility index (Phi) is 6.14. The van der Waals surface area contributed by atoms with Crippen LogP contribution in [0, 0.1) is 0 Å². The van der Waals surface area contributed by atoms with Crippen molar-refractivity contribution in [3.63, 3.8) is 0 Å². The molecule has 0 fully saturated rings. The molecule has 1 aromatic heterocycles. The van der Waals surface area contributed by atoms with Gasteiger partial charge in [0.2, 0.25) is 0 Å². The molecule has 0 aliphatic rings. The zero-order chi connectivity index (χ0) is 16.5. The van der Waals surface area contributed by atoms with Gasteiger partial charge in [0.05, 0.1) is 5.56 Å². The Labute approximate surface area is 138 Å². The van der Waals surface area contributed by atoms with Crippen molar-refractivity contribution in [3.8, 4) is 5.75 Å². The number of para-hydroxylation sites is 1. The quantitative estimate of drug-likeness (QED) is 0.487.